The summed E-state index contributed by atoms with van der Waals surface area (Å²) >= 11 is 5.92. The third-order valence-electron chi connectivity index (χ3n) is 2.61. The van der Waals surface area contributed by atoms with Crippen LogP contribution in [0.15, 0.2) is 18.2 Å². The van der Waals surface area contributed by atoms with Crippen molar-refractivity contribution in [3.05, 3.63) is 38.9 Å². The van der Waals surface area contributed by atoms with Crippen LogP contribution in [0.3, 0.4) is 0 Å². The molecule has 0 saturated heterocycles. The molecule has 1 unspecified atom stereocenters. The summed E-state index contributed by atoms with van der Waals surface area (Å²) in [6.45, 7) is 3.10. The molecule has 0 aromatic heterocycles. The number of ether oxygens (including phenoxy) is 1. The van der Waals surface area contributed by atoms with Gasteiger partial charge in [0.15, 0.2) is 5.41 Å². The minimum Gasteiger partial charge on any atom is -0.465 e. The van der Waals surface area contributed by atoms with E-state index in [2.05, 4.69) is 0 Å². The zero-order chi connectivity index (χ0) is 14.6. The van der Waals surface area contributed by atoms with E-state index in [0.717, 1.165) is 6.07 Å². The van der Waals surface area contributed by atoms with Gasteiger partial charge in [0, 0.05) is 17.7 Å². The summed E-state index contributed by atoms with van der Waals surface area (Å²) in [5.41, 5.74) is -1.62. The lowest BCUT2D eigenvalue weighted by atomic mass is 9.84. The summed E-state index contributed by atoms with van der Waals surface area (Å²) in [4.78, 5) is 21.8. The third kappa shape index (κ3) is 2.83. The number of hydrogen-bond acceptors (Lipinski definition) is 5. The fraction of sp³-hybridized carbons (Fsp3) is 0.333. The normalized spacial score (nSPS) is 13.2. The number of carbonyl (C=O) groups excluding carboxylic acids is 1. The van der Waals surface area contributed by atoms with Gasteiger partial charge in [-0.05, 0) is 19.9 Å². The molecule has 0 heterocycles. The number of halogens is 1. The van der Waals surface area contributed by atoms with E-state index in [1.54, 1.807) is 6.92 Å². The van der Waals surface area contributed by atoms with Crippen molar-refractivity contribution >= 4 is 23.3 Å². The summed E-state index contributed by atoms with van der Waals surface area (Å²) in [5, 5.41) is 19.8. The van der Waals surface area contributed by atoms with E-state index in [0.29, 0.717) is 0 Å². The lowest BCUT2D eigenvalue weighted by Gasteiger charge is -2.20. The van der Waals surface area contributed by atoms with Crippen LogP contribution in [0.2, 0.25) is 5.02 Å². The van der Waals surface area contributed by atoms with Crippen molar-refractivity contribution in [1.29, 1.82) is 5.26 Å². The lowest BCUT2D eigenvalue weighted by Crippen LogP contribution is -2.33. The van der Waals surface area contributed by atoms with Crippen LogP contribution in [0.4, 0.5) is 5.69 Å². The third-order valence-corrected chi connectivity index (χ3v) is 2.92. The maximum Gasteiger partial charge on any atom is 0.330 e. The van der Waals surface area contributed by atoms with Gasteiger partial charge in [-0.25, -0.2) is 4.79 Å². The summed E-state index contributed by atoms with van der Waals surface area (Å²) in [5.74, 6) is -0.742. The molecule has 100 valence electrons. The Balaban J connectivity index is 3.31. The highest BCUT2D eigenvalue weighted by atomic mass is 35.5. The number of hydrogen-bond donors (Lipinski definition) is 0. The van der Waals surface area contributed by atoms with E-state index in [1.165, 1.54) is 19.1 Å². The smallest absolute Gasteiger partial charge is 0.330 e. The van der Waals surface area contributed by atoms with E-state index in [-0.39, 0.29) is 22.9 Å². The Bertz CT molecular complexity index is 567. The van der Waals surface area contributed by atoms with Gasteiger partial charge in [-0.2, -0.15) is 5.26 Å². The quantitative estimate of drug-likeness (QED) is 0.481. The average Bonchev–Trinajstić information content (AvgIpc) is 2.37. The van der Waals surface area contributed by atoms with Crippen molar-refractivity contribution in [3.8, 4) is 6.07 Å². The first-order valence-corrected chi connectivity index (χ1v) is 5.77. The number of esters is 1. The molecule has 1 atom stereocenters. The molecule has 0 aliphatic carbocycles. The Morgan fingerprint density at radius 1 is 1.63 bits per heavy atom. The number of rotatable bonds is 4. The van der Waals surface area contributed by atoms with E-state index < -0.39 is 16.3 Å². The van der Waals surface area contributed by atoms with Gasteiger partial charge in [0.25, 0.3) is 5.69 Å². The highest BCUT2D eigenvalue weighted by molar-refractivity contribution is 6.32. The molecule has 1 aromatic carbocycles. The van der Waals surface area contributed by atoms with E-state index in [1.807, 2.05) is 6.07 Å². The van der Waals surface area contributed by atoms with Crippen LogP contribution < -0.4 is 0 Å². The monoisotopic (exact) mass is 282 g/mol. The van der Waals surface area contributed by atoms with Gasteiger partial charge in [-0.15, -0.1) is 0 Å². The molecule has 0 saturated carbocycles. The first-order chi connectivity index (χ1) is 8.86. The van der Waals surface area contributed by atoms with Crippen molar-refractivity contribution in [3.63, 3.8) is 0 Å². The van der Waals surface area contributed by atoms with Crippen LogP contribution in [0.1, 0.15) is 19.4 Å². The molecule has 0 aliphatic heterocycles. The van der Waals surface area contributed by atoms with Crippen LogP contribution in [0.5, 0.6) is 0 Å². The van der Waals surface area contributed by atoms with Crippen LogP contribution in [-0.2, 0) is 14.9 Å². The molecule has 0 radical (unpaired) electrons. The van der Waals surface area contributed by atoms with Crippen LogP contribution in [0, 0.1) is 21.4 Å². The van der Waals surface area contributed by atoms with Crippen molar-refractivity contribution < 1.29 is 14.5 Å². The molecule has 1 rings (SSSR count). The van der Waals surface area contributed by atoms with Crippen LogP contribution in [-0.4, -0.2) is 17.5 Å². The Kier molecular flexibility index (Phi) is 4.46. The average molecular weight is 283 g/mol. The Morgan fingerprint density at radius 2 is 2.26 bits per heavy atom. The second-order valence-electron chi connectivity index (χ2n) is 3.88. The van der Waals surface area contributed by atoms with Gasteiger partial charge in [0.05, 0.1) is 22.6 Å². The number of nitro benzene ring substituents is 1. The molecule has 0 fully saturated rings. The predicted molar refractivity (Wildman–Crippen MR) is 67.7 cm³/mol. The van der Waals surface area contributed by atoms with E-state index >= 15 is 0 Å². The maximum atomic E-state index is 11.8. The maximum absolute atomic E-state index is 11.8. The Hall–Kier alpha value is -2.13. The number of non-ortho nitro benzene ring substituents is 1. The van der Waals surface area contributed by atoms with Gasteiger partial charge in [-0.3, -0.25) is 10.1 Å². The Labute approximate surface area is 114 Å². The number of carbonyl (C=O) groups is 1. The molecule has 0 spiro atoms. The number of nitriles is 1. The number of nitro groups is 1. The minimum atomic E-state index is -1.60. The van der Waals surface area contributed by atoms with E-state index in [4.69, 9.17) is 16.3 Å². The number of benzene rings is 1. The van der Waals surface area contributed by atoms with E-state index in [9.17, 15) is 20.2 Å². The zero-order valence-corrected chi connectivity index (χ0v) is 11.1. The molecule has 7 heteroatoms. The fourth-order valence-electron chi connectivity index (χ4n) is 1.51. The lowest BCUT2D eigenvalue weighted by molar-refractivity contribution is -0.384. The van der Waals surface area contributed by atoms with Crippen LogP contribution in [0.25, 0.3) is 0 Å². The van der Waals surface area contributed by atoms with Crippen molar-refractivity contribution in [2.45, 2.75) is 19.3 Å². The highest BCUT2D eigenvalue weighted by Crippen LogP contribution is 2.33. The second kappa shape index (κ2) is 5.67. The van der Waals surface area contributed by atoms with Gasteiger partial charge in [0.1, 0.15) is 0 Å². The molecule has 0 aliphatic rings. The largest absolute Gasteiger partial charge is 0.465 e. The summed E-state index contributed by atoms with van der Waals surface area (Å²) < 4.78 is 4.83. The van der Waals surface area contributed by atoms with Gasteiger partial charge < -0.3 is 4.74 Å². The highest BCUT2D eigenvalue weighted by Gasteiger charge is 2.39. The molecule has 0 N–H and O–H groups in total. The predicted octanol–water partition coefficient (Wildman–Crippen LogP) is 2.59. The fourth-order valence-corrected chi connectivity index (χ4v) is 1.88. The minimum absolute atomic E-state index is 0.0219. The summed E-state index contributed by atoms with van der Waals surface area (Å²) in [7, 11) is 0. The Morgan fingerprint density at radius 3 is 2.68 bits per heavy atom. The summed E-state index contributed by atoms with van der Waals surface area (Å²) in [6.07, 6.45) is 0. The van der Waals surface area contributed by atoms with Crippen LogP contribution >= 0.6 is 11.6 Å². The zero-order valence-electron chi connectivity index (χ0n) is 10.3. The standard InChI is InChI=1S/C12H11ClN2O4/c1-3-19-11(16)12(2,7-14)9-5-4-8(15(17)18)6-10(9)13/h4-6H,3H2,1-2H3. The van der Waals surface area contributed by atoms with Gasteiger partial charge >= 0.3 is 5.97 Å². The van der Waals surface area contributed by atoms with Gasteiger partial charge in [-0.1, -0.05) is 11.6 Å². The topological polar surface area (TPSA) is 93.2 Å². The summed E-state index contributed by atoms with van der Waals surface area (Å²) in [6, 6.07) is 5.43. The SMILES string of the molecule is CCOC(=O)C(C)(C#N)c1ccc([N+](=O)[O-])cc1Cl. The molecular weight excluding hydrogens is 272 g/mol. The molecule has 0 amide bonds. The second-order valence-corrected chi connectivity index (χ2v) is 4.29. The molecule has 0 bridgehead atoms. The molecule has 1 aromatic rings. The molecular formula is C12H11ClN2O4. The first-order valence-electron chi connectivity index (χ1n) is 5.39. The van der Waals surface area contributed by atoms with Crippen molar-refractivity contribution in [2.75, 3.05) is 6.61 Å². The van der Waals surface area contributed by atoms with Crippen molar-refractivity contribution in [1.82, 2.24) is 0 Å². The number of nitrogens with zero attached hydrogens (tertiary/aromatic N) is 2. The van der Waals surface area contributed by atoms with Gasteiger partial charge in [0.2, 0.25) is 0 Å². The first kappa shape index (κ1) is 14.9. The van der Waals surface area contributed by atoms with Crippen molar-refractivity contribution in [2.24, 2.45) is 0 Å². The molecule has 19 heavy (non-hydrogen) atoms. The molecule has 6 nitrogen and oxygen atoms in total.